The molecule has 1 saturated heterocycles. The van der Waals surface area contributed by atoms with E-state index in [0.717, 1.165) is 11.4 Å². The number of non-ortho nitro benzene ring substituents is 1. The normalized spacial score (nSPS) is 17.3. The molecule has 3 heterocycles. The number of ether oxygens (including phenoxy) is 1. The van der Waals surface area contributed by atoms with E-state index in [1.165, 1.54) is 12.1 Å². The first-order chi connectivity index (χ1) is 17.0. The number of hydrogen-bond acceptors (Lipinski definition) is 6. The molecule has 0 unspecified atom stereocenters. The van der Waals surface area contributed by atoms with Crippen molar-refractivity contribution in [3.63, 3.8) is 0 Å². The maximum atomic E-state index is 11.2. The van der Waals surface area contributed by atoms with E-state index in [4.69, 9.17) is 33.0 Å². The fraction of sp³-hybridized carbons (Fsp3) is 0.120. The Balaban J connectivity index is 1.59. The highest BCUT2D eigenvalue weighted by Crippen LogP contribution is 2.44. The Labute approximate surface area is 211 Å². The number of pyridine rings is 1. The Morgan fingerprint density at radius 1 is 1.14 bits per heavy atom. The summed E-state index contributed by atoms with van der Waals surface area (Å²) in [5.74, 6) is 1.67. The van der Waals surface area contributed by atoms with Crippen LogP contribution in [0.2, 0.25) is 5.02 Å². The molecular weight excluding hydrogens is 488 g/mol. The van der Waals surface area contributed by atoms with E-state index >= 15 is 0 Å². The molecule has 1 N–H and O–H groups in total. The molecule has 1 aliphatic heterocycles. The summed E-state index contributed by atoms with van der Waals surface area (Å²) in [6.45, 7) is 0. The minimum Gasteiger partial charge on any atom is -0.495 e. The first-order valence-corrected chi connectivity index (χ1v) is 11.4. The number of thiocarbonyl (C=S) groups is 1. The summed E-state index contributed by atoms with van der Waals surface area (Å²) in [7, 11) is 1.56. The third kappa shape index (κ3) is 4.31. The Bertz CT molecular complexity index is 1410. The monoisotopic (exact) mass is 506 g/mol. The molecule has 0 radical (unpaired) electrons. The number of halogens is 1. The summed E-state index contributed by atoms with van der Waals surface area (Å²) in [5.41, 5.74) is 2.14. The van der Waals surface area contributed by atoms with E-state index in [2.05, 4.69) is 10.3 Å². The second-order valence-corrected chi connectivity index (χ2v) is 8.62. The van der Waals surface area contributed by atoms with Crippen molar-refractivity contribution in [2.24, 2.45) is 0 Å². The van der Waals surface area contributed by atoms with Gasteiger partial charge in [0, 0.05) is 29.6 Å². The van der Waals surface area contributed by atoms with Gasteiger partial charge in [-0.2, -0.15) is 0 Å². The van der Waals surface area contributed by atoms with Gasteiger partial charge in [-0.1, -0.05) is 29.8 Å². The molecule has 0 saturated carbocycles. The number of nitrogens with one attached hydrogen (secondary N) is 1. The van der Waals surface area contributed by atoms with Crippen molar-refractivity contribution in [3.8, 4) is 17.1 Å². The molecule has 2 aromatic carbocycles. The standard InChI is InChI=1S/C25H19ClN4O4S/c1-33-21-9-8-16(14-18(21)26)29-24(23(28-25(29)35)19-7-2-3-12-27-19)22-11-10-20(34-22)15-5-4-6-17(13-15)30(31)32/h2-14,23-24H,1H3,(H,28,35)/t23-,24+/m1/s1. The van der Waals surface area contributed by atoms with Crippen LogP contribution in [0.25, 0.3) is 11.3 Å². The number of hydrogen-bond donors (Lipinski definition) is 1. The van der Waals surface area contributed by atoms with Gasteiger partial charge < -0.3 is 19.4 Å². The van der Waals surface area contributed by atoms with Crippen molar-refractivity contribution >= 4 is 40.3 Å². The Hall–Kier alpha value is -3.95. The highest BCUT2D eigenvalue weighted by molar-refractivity contribution is 7.80. The minimum absolute atomic E-state index is 0.00924. The number of anilines is 1. The van der Waals surface area contributed by atoms with E-state index in [9.17, 15) is 10.1 Å². The van der Waals surface area contributed by atoms with Gasteiger partial charge in [0.15, 0.2) is 5.11 Å². The second-order valence-electron chi connectivity index (χ2n) is 7.82. The topological polar surface area (TPSA) is 93.7 Å². The van der Waals surface area contributed by atoms with Gasteiger partial charge in [-0.3, -0.25) is 15.1 Å². The number of nitro groups is 1. The van der Waals surface area contributed by atoms with Crippen LogP contribution < -0.4 is 15.0 Å². The summed E-state index contributed by atoms with van der Waals surface area (Å²) in [4.78, 5) is 17.3. The third-order valence-corrected chi connectivity index (χ3v) is 6.38. The number of benzene rings is 2. The van der Waals surface area contributed by atoms with E-state index in [0.29, 0.717) is 33.0 Å². The SMILES string of the molecule is COc1ccc(N2C(=S)N[C@H](c3ccccn3)[C@@H]2c2ccc(-c3cccc([N+](=O)[O-])c3)o2)cc1Cl. The van der Waals surface area contributed by atoms with Crippen LogP contribution >= 0.6 is 23.8 Å². The van der Waals surface area contributed by atoms with Gasteiger partial charge in [0.05, 0.1) is 28.8 Å². The van der Waals surface area contributed by atoms with Crippen molar-refractivity contribution in [3.05, 3.63) is 106 Å². The molecule has 176 valence electrons. The fourth-order valence-corrected chi connectivity index (χ4v) is 4.76. The van der Waals surface area contributed by atoms with E-state index in [-0.39, 0.29) is 11.7 Å². The molecule has 1 fully saturated rings. The predicted molar refractivity (Wildman–Crippen MR) is 137 cm³/mol. The maximum absolute atomic E-state index is 11.2. The highest BCUT2D eigenvalue weighted by atomic mass is 35.5. The summed E-state index contributed by atoms with van der Waals surface area (Å²) < 4.78 is 11.6. The Morgan fingerprint density at radius 2 is 2.00 bits per heavy atom. The van der Waals surface area contributed by atoms with E-state index in [1.54, 1.807) is 43.6 Å². The molecule has 1 aliphatic rings. The zero-order chi connectivity index (χ0) is 24.5. The van der Waals surface area contributed by atoms with Gasteiger partial charge in [-0.15, -0.1) is 0 Å². The molecule has 0 amide bonds. The average Bonchev–Trinajstić information content (AvgIpc) is 3.49. The quantitative estimate of drug-likeness (QED) is 0.191. The zero-order valence-electron chi connectivity index (χ0n) is 18.4. The number of furan rings is 1. The fourth-order valence-electron chi connectivity index (χ4n) is 4.17. The molecule has 2 aromatic heterocycles. The van der Waals surface area contributed by atoms with Crippen molar-refractivity contribution < 1.29 is 14.1 Å². The van der Waals surface area contributed by atoms with Crippen LogP contribution in [0.4, 0.5) is 11.4 Å². The van der Waals surface area contributed by atoms with Crippen molar-refractivity contribution in [1.82, 2.24) is 10.3 Å². The van der Waals surface area contributed by atoms with Gasteiger partial charge in [0.1, 0.15) is 23.3 Å². The molecule has 4 aromatic rings. The predicted octanol–water partition coefficient (Wildman–Crippen LogP) is 6.09. The van der Waals surface area contributed by atoms with Gasteiger partial charge in [-0.05, 0) is 54.7 Å². The minimum atomic E-state index is -0.432. The van der Waals surface area contributed by atoms with Crippen LogP contribution in [0, 0.1) is 10.1 Å². The van der Waals surface area contributed by atoms with Crippen molar-refractivity contribution in [2.45, 2.75) is 12.1 Å². The molecule has 2 atom stereocenters. The smallest absolute Gasteiger partial charge is 0.270 e. The number of rotatable bonds is 6. The van der Waals surface area contributed by atoms with Crippen molar-refractivity contribution in [1.29, 1.82) is 0 Å². The summed E-state index contributed by atoms with van der Waals surface area (Å²) in [6, 6.07) is 20.4. The summed E-state index contributed by atoms with van der Waals surface area (Å²) in [5, 5.41) is 15.5. The first kappa shape index (κ1) is 22.8. The van der Waals surface area contributed by atoms with Gasteiger partial charge in [0.2, 0.25) is 0 Å². The Morgan fingerprint density at radius 3 is 2.71 bits per heavy atom. The molecular formula is C25H19ClN4O4S. The van der Waals surface area contributed by atoms with Crippen LogP contribution in [-0.2, 0) is 0 Å². The maximum Gasteiger partial charge on any atom is 0.270 e. The lowest BCUT2D eigenvalue weighted by Crippen LogP contribution is -2.29. The number of nitrogens with zero attached hydrogens (tertiary/aromatic N) is 3. The molecule has 10 heteroatoms. The van der Waals surface area contributed by atoms with Gasteiger partial charge >= 0.3 is 0 Å². The van der Waals surface area contributed by atoms with Gasteiger partial charge in [-0.25, -0.2) is 0 Å². The first-order valence-electron chi connectivity index (χ1n) is 10.6. The van der Waals surface area contributed by atoms with E-state index in [1.807, 2.05) is 35.2 Å². The second kappa shape index (κ2) is 9.36. The molecule has 0 bridgehead atoms. The number of nitro benzene ring substituents is 1. The summed E-state index contributed by atoms with van der Waals surface area (Å²) >= 11 is 12.1. The van der Waals surface area contributed by atoms with E-state index < -0.39 is 11.0 Å². The number of aromatic nitrogens is 1. The van der Waals surface area contributed by atoms with Crippen LogP contribution in [0.5, 0.6) is 5.75 Å². The third-order valence-electron chi connectivity index (χ3n) is 5.77. The lowest BCUT2D eigenvalue weighted by Gasteiger charge is -2.26. The molecule has 8 nitrogen and oxygen atoms in total. The lowest BCUT2D eigenvalue weighted by molar-refractivity contribution is -0.384. The van der Waals surface area contributed by atoms with Crippen molar-refractivity contribution in [2.75, 3.05) is 12.0 Å². The Kier molecular flexibility index (Phi) is 6.10. The molecule has 0 spiro atoms. The lowest BCUT2D eigenvalue weighted by atomic mass is 10.0. The van der Waals surface area contributed by atoms with Crippen LogP contribution in [0.15, 0.2) is 83.4 Å². The summed E-state index contributed by atoms with van der Waals surface area (Å²) in [6.07, 6.45) is 1.72. The molecule has 5 rings (SSSR count). The van der Waals surface area contributed by atoms with Gasteiger partial charge in [0.25, 0.3) is 5.69 Å². The average molecular weight is 507 g/mol. The number of methoxy groups -OCH3 is 1. The highest BCUT2D eigenvalue weighted by Gasteiger charge is 2.42. The molecule has 35 heavy (non-hydrogen) atoms. The zero-order valence-corrected chi connectivity index (χ0v) is 20.0. The largest absolute Gasteiger partial charge is 0.495 e. The van der Waals surface area contributed by atoms with Crippen LogP contribution in [-0.4, -0.2) is 22.1 Å². The van der Waals surface area contributed by atoms with Crippen LogP contribution in [0.1, 0.15) is 23.5 Å². The van der Waals surface area contributed by atoms with Crippen LogP contribution in [0.3, 0.4) is 0 Å². The molecule has 0 aliphatic carbocycles.